The number of anilines is 1. The number of primary amides is 1. The van der Waals surface area contributed by atoms with Crippen molar-refractivity contribution in [3.05, 3.63) is 58.1 Å². The Morgan fingerprint density at radius 2 is 1.94 bits per heavy atom. The van der Waals surface area contributed by atoms with E-state index in [4.69, 9.17) is 31.9 Å². The first-order valence-corrected chi connectivity index (χ1v) is 10.4. The van der Waals surface area contributed by atoms with Gasteiger partial charge in [-0.3, -0.25) is 9.59 Å². The van der Waals surface area contributed by atoms with Crippen LogP contribution in [0.2, 0.25) is 5.02 Å². The van der Waals surface area contributed by atoms with E-state index < -0.39 is 11.9 Å². The molecule has 1 heterocycles. The number of halogens is 1. The number of benzene rings is 2. The Bertz CT molecular complexity index is 1160. The predicted molar refractivity (Wildman–Crippen MR) is 124 cm³/mol. The summed E-state index contributed by atoms with van der Waals surface area (Å²) in [7, 11) is 1.42. The van der Waals surface area contributed by atoms with Crippen LogP contribution in [0.5, 0.6) is 11.5 Å². The highest BCUT2D eigenvalue weighted by Crippen LogP contribution is 2.37. The number of hydrazone groups is 1. The van der Waals surface area contributed by atoms with Crippen molar-refractivity contribution in [3.8, 4) is 11.5 Å². The van der Waals surface area contributed by atoms with E-state index in [1.165, 1.54) is 36.4 Å². The minimum Gasteiger partial charge on any atom is -0.493 e. The van der Waals surface area contributed by atoms with E-state index in [-0.39, 0.29) is 34.6 Å². The minimum atomic E-state index is -1.06. The highest BCUT2D eigenvalue weighted by molar-refractivity contribution is 6.34. The lowest BCUT2D eigenvalue weighted by Crippen LogP contribution is -2.21. The molecule has 33 heavy (non-hydrogen) atoms. The molecular weight excluding hydrogens is 450 g/mol. The van der Waals surface area contributed by atoms with Gasteiger partial charge in [-0.1, -0.05) is 24.9 Å². The molecule has 0 saturated heterocycles. The average Bonchev–Trinajstić information content (AvgIpc) is 3.08. The van der Waals surface area contributed by atoms with Crippen molar-refractivity contribution < 1.29 is 29.0 Å². The molecule has 2 aromatic carbocycles. The Hall–Kier alpha value is -3.85. The van der Waals surface area contributed by atoms with Crippen LogP contribution in [0.25, 0.3) is 6.08 Å². The summed E-state index contributed by atoms with van der Waals surface area (Å²) in [5.41, 5.74) is 7.22. The summed E-state index contributed by atoms with van der Waals surface area (Å²) in [5.74, 6) is -1.63. The molecule has 0 fully saturated rings. The molecule has 9 nitrogen and oxygen atoms in total. The number of rotatable bonds is 9. The zero-order valence-electron chi connectivity index (χ0n) is 18.0. The highest BCUT2D eigenvalue weighted by atomic mass is 35.5. The van der Waals surface area contributed by atoms with Gasteiger partial charge in [-0.2, -0.15) is 10.1 Å². The summed E-state index contributed by atoms with van der Waals surface area (Å²) in [6, 6.07) is 9.09. The molecule has 3 rings (SSSR count). The number of ether oxygens (including phenoxy) is 2. The van der Waals surface area contributed by atoms with E-state index in [2.05, 4.69) is 5.10 Å². The summed E-state index contributed by atoms with van der Waals surface area (Å²) >= 11 is 6.32. The van der Waals surface area contributed by atoms with Gasteiger partial charge in [-0.25, -0.2) is 4.79 Å². The number of carbonyl (C=O) groups is 3. The molecule has 0 atom stereocenters. The van der Waals surface area contributed by atoms with Gasteiger partial charge < -0.3 is 20.3 Å². The summed E-state index contributed by atoms with van der Waals surface area (Å²) in [4.78, 5) is 35.3. The summed E-state index contributed by atoms with van der Waals surface area (Å²) in [6.45, 7) is 1.61. The molecule has 2 aromatic rings. The number of aromatic carboxylic acids is 1. The lowest BCUT2D eigenvalue weighted by atomic mass is 10.0. The number of nitrogens with two attached hydrogens (primary N) is 1. The number of carboxylic acids is 1. The van der Waals surface area contributed by atoms with Gasteiger partial charge in [0.1, 0.15) is 0 Å². The van der Waals surface area contributed by atoms with E-state index in [1.807, 2.05) is 6.92 Å². The maximum Gasteiger partial charge on any atom is 0.335 e. The number of nitrogens with zero attached hydrogens (tertiary/aromatic N) is 2. The zero-order chi connectivity index (χ0) is 24.1. The smallest absolute Gasteiger partial charge is 0.335 e. The molecule has 0 aromatic heterocycles. The topological polar surface area (TPSA) is 132 Å². The molecule has 3 N–H and O–H groups in total. The van der Waals surface area contributed by atoms with Crippen molar-refractivity contribution in [2.75, 3.05) is 18.7 Å². The molecule has 1 aliphatic heterocycles. The molecule has 0 bridgehead atoms. The van der Waals surface area contributed by atoms with E-state index in [0.717, 1.165) is 6.42 Å². The Kier molecular flexibility index (Phi) is 7.34. The fourth-order valence-corrected chi connectivity index (χ4v) is 3.49. The number of carbonyl (C=O) groups excluding carboxylic acids is 2. The van der Waals surface area contributed by atoms with Crippen LogP contribution in [0.1, 0.15) is 35.7 Å². The van der Waals surface area contributed by atoms with Gasteiger partial charge in [-0.15, -0.1) is 0 Å². The van der Waals surface area contributed by atoms with Crippen molar-refractivity contribution in [2.24, 2.45) is 10.8 Å². The van der Waals surface area contributed by atoms with E-state index in [0.29, 0.717) is 29.0 Å². The van der Waals surface area contributed by atoms with E-state index in [9.17, 15) is 14.4 Å². The van der Waals surface area contributed by atoms with Crippen molar-refractivity contribution in [1.29, 1.82) is 0 Å². The first kappa shape index (κ1) is 23.8. The number of methoxy groups -OCH3 is 1. The summed E-state index contributed by atoms with van der Waals surface area (Å²) in [6.07, 6.45) is 2.97. The van der Waals surface area contributed by atoms with Gasteiger partial charge in [0.15, 0.2) is 18.1 Å². The average molecular weight is 472 g/mol. The van der Waals surface area contributed by atoms with E-state index >= 15 is 0 Å². The molecule has 0 saturated carbocycles. The maximum absolute atomic E-state index is 13.2. The number of amides is 2. The maximum atomic E-state index is 13.2. The third kappa shape index (κ3) is 5.32. The van der Waals surface area contributed by atoms with Gasteiger partial charge in [0.25, 0.3) is 11.8 Å². The fraction of sp³-hybridized carbons (Fsp3) is 0.217. The number of hydrogen-bond donors (Lipinski definition) is 2. The van der Waals surface area contributed by atoms with E-state index in [1.54, 1.807) is 18.2 Å². The lowest BCUT2D eigenvalue weighted by Gasteiger charge is -2.13. The van der Waals surface area contributed by atoms with Crippen LogP contribution < -0.4 is 20.2 Å². The third-order valence-corrected chi connectivity index (χ3v) is 5.00. The Balaban J connectivity index is 1.97. The second-order valence-corrected chi connectivity index (χ2v) is 7.52. The number of hydrogen-bond acceptors (Lipinski definition) is 6. The van der Waals surface area contributed by atoms with Crippen LogP contribution in [0.3, 0.4) is 0 Å². The summed E-state index contributed by atoms with van der Waals surface area (Å²) < 4.78 is 10.7. The highest BCUT2D eigenvalue weighted by Gasteiger charge is 2.31. The third-order valence-electron chi connectivity index (χ3n) is 4.72. The second-order valence-electron chi connectivity index (χ2n) is 7.11. The van der Waals surface area contributed by atoms with Crippen LogP contribution in [0.15, 0.2) is 47.1 Å². The SMILES string of the molecule is CCCC1=NN(c2ccc(C(=O)O)cc2)C(=O)C1=Cc1cc(Cl)c(OCC(N)=O)c(OC)c1. The standard InChI is InChI=1S/C23H22ClN3O6/c1-3-4-18-16(22(29)27(26-18)15-7-5-14(6-8-15)23(30)31)9-13-10-17(24)21(19(11-13)32-2)33-12-20(25)28/h5-11H,3-4,12H2,1-2H3,(H2,25,28)(H,30,31). The van der Waals surface area contributed by atoms with Gasteiger partial charge >= 0.3 is 5.97 Å². The quantitative estimate of drug-likeness (QED) is 0.538. The Labute approximate surface area is 195 Å². The molecular formula is C23H22ClN3O6. The van der Waals surface area contributed by atoms with Crippen molar-refractivity contribution in [1.82, 2.24) is 0 Å². The van der Waals surface area contributed by atoms with Crippen LogP contribution in [0.4, 0.5) is 5.69 Å². The molecule has 10 heteroatoms. The van der Waals surface area contributed by atoms with Crippen LogP contribution in [-0.2, 0) is 9.59 Å². The largest absolute Gasteiger partial charge is 0.493 e. The Morgan fingerprint density at radius 1 is 1.24 bits per heavy atom. The minimum absolute atomic E-state index is 0.110. The molecule has 172 valence electrons. The second kappa shape index (κ2) is 10.2. The monoisotopic (exact) mass is 471 g/mol. The van der Waals surface area contributed by atoms with Crippen molar-refractivity contribution in [2.45, 2.75) is 19.8 Å². The Morgan fingerprint density at radius 3 is 2.52 bits per heavy atom. The van der Waals surface area contributed by atoms with Crippen LogP contribution >= 0.6 is 11.6 Å². The fourth-order valence-electron chi connectivity index (χ4n) is 3.22. The summed E-state index contributed by atoms with van der Waals surface area (Å²) in [5, 5.41) is 15.0. The molecule has 2 amide bonds. The molecule has 0 spiro atoms. The molecule has 0 radical (unpaired) electrons. The molecule has 1 aliphatic rings. The molecule has 0 unspecified atom stereocenters. The predicted octanol–water partition coefficient (Wildman–Crippen LogP) is 3.50. The van der Waals surface area contributed by atoms with Crippen LogP contribution in [-0.4, -0.2) is 42.3 Å². The normalized spacial score (nSPS) is 14.4. The number of carboxylic acid groups (broad SMARTS) is 1. The first-order chi connectivity index (χ1) is 15.7. The van der Waals surface area contributed by atoms with Gasteiger partial charge in [0, 0.05) is 0 Å². The first-order valence-electron chi connectivity index (χ1n) is 10.0. The van der Waals surface area contributed by atoms with Gasteiger partial charge in [0.2, 0.25) is 0 Å². The lowest BCUT2D eigenvalue weighted by molar-refractivity contribution is -0.120. The van der Waals surface area contributed by atoms with Crippen molar-refractivity contribution in [3.63, 3.8) is 0 Å². The molecule has 0 aliphatic carbocycles. The van der Waals surface area contributed by atoms with Gasteiger partial charge in [-0.05, 0) is 54.5 Å². The van der Waals surface area contributed by atoms with Gasteiger partial charge in [0.05, 0.1) is 34.7 Å². The van der Waals surface area contributed by atoms with Crippen LogP contribution in [0, 0.1) is 0 Å². The zero-order valence-corrected chi connectivity index (χ0v) is 18.8. The van der Waals surface area contributed by atoms with Crippen molar-refractivity contribution >= 4 is 46.9 Å².